The number of halogens is 2. The predicted octanol–water partition coefficient (Wildman–Crippen LogP) is 3.13. The summed E-state index contributed by atoms with van der Waals surface area (Å²) in [5.41, 5.74) is 0.100. The molecule has 1 saturated carbocycles. The second kappa shape index (κ2) is 8.66. The molecule has 2 heterocycles. The first-order valence-electron chi connectivity index (χ1n) is 8.55. The third-order valence-electron chi connectivity index (χ3n) is 4.59. The van der Waals surface area contributed by atoms with Crippen molar-refractivity contribution in [2.45, 2.75) is 50.7 Å². The van der Waals surface area contributed by atoms with Crippen LogP contribution in [0.15, 0.2) is 0 Å². The minimum atomic E-state index is -0.384. The minimum absolute atomic E-state index is 0.0271. The number of carbonyl (C=O) groups excluding carboxylic acids is 2. The molecule has 0 spiro atoms. The monoisotopic (exact) mass is 405 g/mol. The lowest BCUT2D eigenvalue weighted by atomic mass is 10.2. The van der Waals surface area contributed by atoms with E-state index in [0.717, 1.165) is 50.1 Å². The number of nitrogens with one attached hydrogen (secondary N) is 1. The molecule has 0 radical (unpaired) electrons. The molecule has 2 amide bonds. The van der Waals surface area contributed by atoms with Crippen molar-refractivity contribution in [2.75, 3.05) is 19.7 Å². The van der Waals surface area contributed by atoms with Crippen LogP contribution in [0.2, 0.25) is 9.36 Å². The topological polar surface area (TPSA) is 71.5 Å². The Labute approximate surface area is 161 Å². The van der Waals surface area contributed by atoms with Gasteiger partial charge in [-0.3, -0.25) is 9.59 Å². The minimum Gasteiger partial charge on any atom is -0.376 e. The van der Waals surface area contributed by atoms with Crippen LogP contribution in [0.1, 0.15) is 49.0 Å². The first kappa shape index (κ1) is 18.9. The van der Waals surface area contributed by atoms with Crippen molar-refractivity contribution in [3.63, 3.8) is 0 Å². The molecule has 138 valence electrons. The van der Waals surface area contributed by atoms with Crippen molar-refractivity contribution in [1.82, 2.24) is 14.6 Å². The van der Waals surface area contributed by atoms with E-state index < -0.39 is 0 Å². The normalized spacial score (nSPS) is 20.8. The average molecular weight is 406 g/mol. The lowest BCUT2D eigenvalue weighted by molar-refractivity contribution is -0.122. The van der Waals surface area contributed by atoms with Gasteiger partial charge < -0.3 is 15.0 Å². The fourth-order valence-electron chi connectivity index (χ4n) is 3.31. The van der Waals surface area contributed by atoms with Crippen molar-refractivity contribution in [1.29, 1.82) is 0 Å². The number of hydrogen-bond donors (Lipinski definition) is 1. The first-order valence-corrected chi connectivity index (χ1v) is 10.1. The number of amides is 2. The highest BCUT2D eigenvalue weighted by molar-refractivity contribution is 7.11. The molecule has 2 aliphatic rings. The van der Waals surface area contributed by atoms with Crippen LogP contribution in [0, 0.1) is 0 Å². The van der Waals surface area contributed by atoms with E-state index in [9.17, 15) is 9.59 Å². The maximum absolute atomic E-state index is 12.8. The van der Waals surface area contributed by atoms with Gasteiger partial charge in [0.15, 0.2) is 5.69 Å². The fraction of sp³-hybridized carbons (Fsp3) is 0.688. The Morgan fingerprint density at radius 3 is 2.60 bits per heavy atom. The van der Waals surface area contributed by atoms with E-state index in [4.69, 9.17) is 27.9 Å². The molecule has 0 unspecified atom stereocenters. The number of rotatable bonds is 6. The smallest absolute Gasteiger partial charge is 0.275 e. The number of aromatic nitrogens is 1. The van der Waals surface area contributed by atoms with Crippen LogP contribution in [0.25, 0.3) is 0 Å². The Kier molecular flexibility index (Phi) is 6.55. The molecule has 9 heteroatoms. The Hall–Kier alpha value is -0.890. The van der Waals surface area contributed by atoms with Gasteiger partial charge in [-0.05, 0) is 37.2 Å². The number of ether oxygens (including phenoxy) is 1. The first-order chi connectivity index (χ1) is 12.0. The molecule has 0 bridgehead atoms. The van der Waals surface area contributed by atoms with Gasteiger partial charge in [0.2, 0.25) is 5.91 Å². The molecule has 1 N–H and O–H groups in total. The van der Waals surface area contributed by atoms with Crippen molar-refractivity contribution in [2.24, 2.45) is 0 Å². The maximum Gasteiger partial charge on any atom is 0.275 e. The summed E-state index contributed by atoms with van der Waals surface area (Å²) in [6, 6.07) is 0.212. The standard InChI is InChI=1S/C16H21Cl2N3O3S/c17-13-14(20-25-15(13)18)16(23)21(8-11-6-3-7-24-11)9-12(22)19-10-4-1-2-5-10/h10-11H,1-9H2,(H,19,22)/t11-/m1/s1. The van der Waals surface area contributed by atoms with Crippen molar-refractivity contribution < 1.29 is 14.3 Å². The Morgan fingerprint density at radius 2 is 2.00 bits per heavy atom. The Balaban J connectivity index is 1.68. The number of carbonyl (C=O) groups is 2. The predicted molar refractivity (Wildman–Crippen MR) is 97.4 cm³/mol. The third kappa shape index (κ3) is 4.84. The van der Waals surface area contributed by atoms with E-state index in [-0.39, 0.29) is 45.6 Å². The molecule has 1 aliphatic carbocycles. The lowest BCUT2D eigenvalue weighted by Crippen LogP contribution is -2.46. The van der Waals surface area contributed by atoms with E-state index in [2.05, 4.69) is 9.69 Å². The van der Waals surface area contributed by atoms with Gasteiger partial charge in [0.25, 0.3) is 5.91 Å². The zero-order valence-electron chi connectivity index (χ0n) is 13.8. The van der Waals surface area contributed by atoms with Gasteiger partial charge in [-0.15, -0.1) is 0 Å². The van der Waals surface area contributed by atoms with Gasteiger partial charge in [-0.25, -0.2) is 0 Å². The van der Waals surface area contributed by atoms with Gasteiger partial charge in [0, 0.05) is 19.2 Å². The molecule has 0 aromatic carbocycles. The SMILES string of the molecule is O=C(CN(C[C@H]1CCCO1)C(=O)c1nsc(Cl)c1Cl)NC1CCCC1. The summed E-state index contributed by atoms with van der Waals surface area (Å²) < 4.78 is 9.93. The summed E-state index contributed by atoms with van der Waals surface area (Å²) in [6.45, 7) is 1.01. The molecule has 6 nitrogen and oxygen atoms in total. The van der Waals surface area contributed by atoms with Crippen LogP contribution in [0.3, 0.4) is 0 Å². The molecule has 1 saturated heterocycles. The van der Waals surface area contributed by atoms with Crippen molar-refractivity contribution in [3.05, 3.63) is 15.1 Å². The van der Waals surface area contributed by atoms with E-state index in [1.54, 1.807) is 0 Å². The zero-order valence-corrected chi connectivity index (χ0v) is 16.1. The highest BCUT2D eigenvalue weighted by Crippen LogP contribution is 2.30. The quantitative estimate of drug-likeness (QED) is 0.788. The van der Waals surface area contributed by atoms with Crippen LogP contribution >= 0.6 is 34.7 Å². The van der Waals surface area contributed by atoms with Crippen LogP contribution in [-0.2, 0) is 9.53 Å². The van der Waals surface area contributed by atoms with Gasteiger partial charge in [0.1, 0.15) is 9.36 Å². The fourth-order valence-corrected chi connectivity index (χ4v) is 4.30. The molecule has 1 aromatic rings. The van der Waals surface area contributed by atoms with E-state index >= 15 is 0 Å². The average Bonchev–Trinajstić information content (AvgIpc) is 3.32. The summed E-state index contributed by atoms with van der Waals surface area (Å²) >= 11 is 13.0. The maximum atomic E-state index is 12.8. The summed E-state index contributed by atoms with van der Waals surface area (Å²) in [4.78, 5) is 26.7. The molecule has 1 aliphatic heterocycles. The van der Waals surface area contributed by atoms with Crippen LogP contribution in [0.5, 0.6) is 0 Å². The summed E-state index contributed by atoms with van der Waals surface area (Å²) in [5, 5.41) is 3.15. The summed E-state index contributed by atoms with van der Waals surface area (Å²) in [6.07, 6.45) is 6.05. The van der Waals surface area contributed by atoms with E-state index in [1.807, 2.05) is 0 Å². The molecule has 25 heavy (non-hydrogen) atoms. The summed E-state index contributed by atoms with van der Waals surface area (Å²) in [5.74, 6) is -0.541. The molecule has 1 aromatic heterocycles. The number of hydrogen-bond acceptors (Lipinski definition) is 5. The second-order valence-electron chi connectivity index (χ2n) is 6.49. The van der Waals surface area contributed by atoms with Crippen LogP contribution < -0.4 is 5.32 Å². The van der Waals surface area contributed by atoms with Gasteiger partial charge in [-0.1, -0.05) is 36.0 Å². The van der Waals surface area contributed by atoms with Gasteiger partial charge >= 0.3 is 0 Å². The van der Waals surface area contributed by atoms with E-state index in [0.29, 0.717) is 13.2 Å². The summed E-state index contributed by atoms with van der Waals surface area (Å²) in [7, 11) is 0. The Morgan fingerprint density at radius 1 is 1.24 bits per heavy atom. The van der Waals surface area contributed by atoms with Crippen LogP contribution in [-0.4, -0.2) is 52.9 Å². The van der Waals surface area contributed by atoms with Crippen molar-refractivity contribution >= 4 is 46.5 Å². The zero-order chi connectivity index (χ0) is 17.8. The second-order valence-corrected chi connectivity index (χ2v) is 8.24. The number of nitrogens with zero attached hydrogens (tertiary/aromatic N) is 2. The van der Waals surface area contributed by atoms with Crippen LogP contribution in [0.4, 0.5) is 0 Å². The molecular formula is C16H21Cl2N3O3S. The Bertz CT molecular complexity index is 628. The van der Waals surface area contributed by atoms with Gasteiger partial charge in [0.05, 0.1) is 12.6 Å². The molecular weight excluding hydrogens is 385 g/mol. The van der Waals surface area contributed by atoms with E-state index in [1.165, 1.54) is 4.90 Å². The third-order valence-corrected chi connectivity index (χ3v) is 6.20. The van der Waals surface area contributed by atoms with Gasteiger partial charge in [-0.2, -0.15) is 4.37 Å². The molecule has 3 rings (SSSR count). The molecule has 1 atom stereocenters. The van der Waals surface area contributed by atoms with Crippen molar-refractivity contribution in [3.8, 4) is 0 Å². The lowest BCUT2D eigenvalue weighted by Gasteiger charge is -2.25. The molecule has 2 fully saturated rings. The highest BCUT2D eigenvalue weighted by Gasteiger charge is 2.29. The highest BCUT2D eigenvalue weighted by atomic mass is 35.5. The largest absolute Gasteiger partial charge is 0.376 e.